The first-order valence-electron chi connectivity index (χ1n) is 8.31. The van der Waals surface area contributed by atoms with E-state index in [0.717, 1.165) is 18.2 Å². The highest BCUT2D eigenvalue weighted by molar-refractivity contribution is 7.89. The van der Waals surface area contributed by atoms with Gasteiger partial charge in [-0.2, -0.15) is 4.31 Å². The van der Waals surface area contributed by atoms with Crippen LogP contribution < -0.4 is 10.6 Å². The van der Waals surface area contributed by atoms with Gasteiger partial charge in [0.25, 0.3) is 5.91 Å². The van der Waals surface area contributed by atoms with Crippen molar-refractivity contribution in [1.82, 2.24) is 14.9 Å². The predicted molar refractivity (Wildman–Crippen MR) is 96.7 cm³/mol. The van der Waals surface area contributed by atoms with Crippen LogP contribution in [-0.2, 0) is 14.8 Å². The van der Waals surface area contributed by atoms with Crippen LogP contribution >= 0.6 is 0 Å². The van der Waals surface area contributed by atoms with Crippen molar-refractivity contribution in [2.24, 2.45) is 0 Å². The van der Waals surface area contributed by atoms with E-state index in [1.54, 1.807) is 34.6 Å². The summed E-state index contributed by atoms with van der Waals surface area (Å²) in [5.41, 5.74) is -0.896. The monoisotopic (exact) mass is 387 g/mol. The van der Waals surface area contributed by atoms with Crippen LogP contribution in [0.1, 0.15) is 45.0 Å². The maximum atomic E-state index is 14.0. The number of amides is 2. The number of sulfonamides is 1. The normalized spacial score (nSPS) is 12.1. The molecule has 0 aromatic heterocycles. The molecule has 1 rings (SSSR count). The molecule has 0 heterocycles. The van der Waals surface area contributed by atoms with E-state index in [-0.39, 0.29) is 24.5 Å². The Morgan fingerprint density at radius 3 is 2.23 bits per heavy atom. The second-order valence-corrected chi connectivity index (χ2v) is 8.65. The molecule has 1 aromatic carbocycles. The Kier molecular flexibility index (Phi) is 7.28. The van der Waals surface area contributed by atoms with Gasteiger partial charge in [-0.15, -0.1) is 0 Å². The van der Waals surface area contributed by atoms with Crippen molar-refractivity contribution in [2.75, 3.05) is 19.6 Å². The van der Waals surface area contributed by atoms with E-state index in [4.69, 9.17) is 0 Å². The quantitative estimate of drug-likeness (QED) is 0.741. The minimum absolute atomic E-state index is 0.174. The van der Waals surface area contributed by atoms with E-state index in [9.17, 15) is 22.4 Å². The average molecular weight is 387 g/mol. The first kappa shape index (κ1) is 22.0. The Morgan fingerprint density at radius 2 is 1.73 bits per heavy atom. The molecule has 0 bridgehead atoms. The molecule has 0 aliphatic rings. The standard InChI is InChI=1S/C17H26FN3O4S/c1-6-21(7-2)26(24,25)12-8-9-14(18)13(10-12)16(23)19-11-15(22)20-17(3,4)5/h8-10H,6-7,11H2,1-5H3,(H,19,23)(H,20,22). The first-order chi connectivity index (χ1) is 11.9. The van der Waals surface area contributed by atoms with Crippen molar-refractivity contribution in [2.45, 2.75) is 45.1 Å². The number of hydrogen-bond acceptors (Lipinski definition) is 4. The molecule has 0 saturated carbocycles. The fourth-order valence-corrected chi connectivity index (χ4v) is 3.75. The van der Waals surface area contributed by atoms with Crippen LogP contribution in [0.5, 0.6) is 0 Å². The van der Waals surface area contributed by atoms with Crippen LogP contribution in [0.3, 0.4) is 0 Å². The molecule has 0 spiro atoms. The molecule has 0 radical (unpaired) electrons. The van der Waals surface area contributed by atoms with Gasteiger partial charge < -0.3 is 10.6 Å². The largest absolute Gasteiger partial charge is 0.350 e. The number of benzene rings is 1. The molecule has 0 aliphatic heterocycles. The van der Waals surface area contributed by atoms with Gasteiger partial charge in [0.2, 0.25) is 15.9 Å². The van der Waals surface area contributed by atoms with Gasteiger partial charge in [0, 0.05) is 18.6 Å². The third-order valence-electron chi connectivity index (χ3n) is 3.45. The van der Waals surface area contributed by atoms with Gasteiger partial charge in [-0.3, -0.25) is 9.59 Å². The van der Waals surface area contributed by atoms with Gasteiger partial charge in [0.15, 0.2) is 0 Å². The van der Waals surface area contributed by atoms with Crippen LogP contribution in [-0.4, -0.2) is 49.7 Å². The van der Waals surface area contributed by atoms with E-state index in [1.807, 2.05) is 0 Å². The number of rotatable bonds is 7. The van der Waals surface area contributed by atoms with E-state index in [2.05, 4.69) is 10.6 Å². The maximum absolute atomic E-state index is 14.0. The summed E-state index contributed by atoms with van der Waals surface area (Å²) in [7, 11) is -3.82. The van der Waals surface area contributed by atoms with Crippen molar-refractivity contribution in [1.29, 1.82) is 0 Å². The molecule has 1 aromatic rings. The minimum atomic E-state index is -3.82. The van der Waals surface area contributed by atoms with Gasteiger partial charge in [-0.25, -0.2) is 12.8 Å². The highest BCUT2D eigenvalue weighted by Gasteiger charge is 2.24. The Hall–Kier alpha value is -2.00. The fraction of sp³-hybridized carbons (Fsp3) is 0.529. The Balaban J connectivity index is 3.00. The molecule has 9 heteroatoms. The molecule has 0 fully saturated rings. The predicted octanol–water partition coefficient (Wildman–Crippen LogP) is 1.50. The highest BCUT2D eigenvalue weighted by Crippen LogP contribution is 2.19. The van der Waals surface area contributed by atoms with Crippen molar-refractivity contribution in [3.05, 3.63) is 29.6 Å². The number of carbonyl (C=O) groups is 2. The van der Waals surface area contributed by atoms with E-state index < -0.39 is 38.8 Å². The summed E-state index contributed by atoms with van der Waals surface area (Å²) >= 11 is 0. The topological polar surface area (TPSA) is 95.6 Å². The van der Waals surface area contributed by atoms with Gasteiger partial charge in [-0.05, 0) is 39.0 Å². The van der Waals surface area contributed by atoms with Crippen LogP contribution in [0.15, 0.2) is 23.1 Å². The lowest BCUT2D eigenvalue weighted by molar-refractivity contribution is -0.121. The summed E-state index contributed by atoms with van der Waals surface area (Å²) in [4.78, 5) is 23.8. The third kappa shape index (κ3) is 5.77. The zero-order chi connectivity index (χ0) is 20.1. The molecular weight excluding hydrogens is 361 g/mol. The van der Waals surface area contributed by atoms with Crippen LogP contribution in [0.25, 0.3) is 0 Å². The Morgan fingerprint density at radius 1 is 1.15 bits per heavy atom. The molecule has 2 N–H and O–H groups in total. The number of nitrogens with zero attached hydrogens (tertiary/aromatic N) is 1. The smallest absolute Gasteiger partial charge is 0.254 e. The molecular formula is C17H26FN3O4S. The number of hydrogen-bond donors (Lipinski definition) is 2. The van der Waals surface area contributed by atoms with Crippen molar-refractivity contribution in [3.63, 3.8) is 0 Å². The number of halogens is 1. The van der Waals surface area contributed by atoms with Crippen LogP contribution in [0.2, 0.25) is 0 Å². The second-order valence-electron chi connectivity index (χ2n) is 6.71. The first-order valence-corrected chi connectivity index (χ1v) is 9.75. The lowest BCUT2D eigenvalue weighted by Crippen LogP contribution is -2.45. The highest BCUT2D eigenvalue weighted by atomic mass is 32.2. The maximum Gasteiger partial charge on any atom is 0.254 e. The summed E-state index contributed by atoms with van der Waals surface area (Å²) in [5.74, 6) is -2.15. The summed E-state index contributed by atoms with van der Waals surface area (Å²) < 4.78 is 40.2. The summed E-state index contributed by atoms with van der Waals surface area (Å²) in [6.45, 7) is 8.89. The zero-order valence-electron chi connectivity index (χ0n) is 15.7. The van der Waals surface area contributed by atoms with Crippen molar-refractivity contribution < 1.29 is 22.4 Å². The van der Waals surface area contributed by atoms with Gasteiger partial charge in [0.05, 0.1) is 17.0 Å². The molecule has 7 nitrogen and oxygen atoms in total. The Bertz CT molecular complexity index is 769. The molecule has 26 heavy (non-hydrogen) atoms. The van der Waals surface area contributed by atoms with Crippen molar-refractivity contribution >= 4 is 21.8 Å². The third-order valence-corrected chi connectivity index (χ3v) is 5.50. The zero-order valence-corrected chi connectivity index (χ0v) is 16.5. The van der Waals surface area contributed by atoms with Crippen LogP contribution in [0.4, 0.5) is 4.39 Å². The Labute approximate surface area is 154 Å². The van der Waals surface area contributed by atoms with Crippen LogP contribution in [0, 0.1) is 5.82 Å². The second kappa shape index (κ2) is 8.59. The van der Waals surface area contributed by atoms with E-state index >= 15 is 0 Å². The van der Waals surface area contributed by atoms with Gasteiger partial charge in [0.1, 0.15) is 5.82 Å². The summed E-state index contributed by atoms with van der Waals surface area (Å²) in [5, 5.41) is 4.95. The van der Waals surface area contributed by atoms with Gasteiger partial charge >= 0.3 is 0 Å². The SMILES string of the molecule is CCN(CC)S(=O)(=O)c1ccc(F)c(C(=O)NCC(=O)NC(C)(C)C)c1. The van der Waals surface area contributed by atoms with E-state index in [0.29, 0.717) is 0 Å². The van der Waals surface area contributed by atoms with Crippen molar-refractivity contribution in [3.8, 4) is 0 Å². The lowest BCUT2D eigenvalue weighted by atomic mass is 10.1. The number of carbonyl (C=O) groups excluding carboxylic acids is 2. The summed E-state index contributed by atoms with van der Waals surface area (Å²) in [6, 6.07) is 3.03. The molecule has 146 valence electrons. The molecule has 0 saturated heterocycles. The molecule has 0 aliphatic carbocycles. The van der Waals surface area contributed by atoms with E-state index in [1.165, 1.54) is 4.31 Å². The molecule has 0 atom stereocenters. The number of nitrogens with one attached hydrogen (secondary N) is 2. The summed E-state index contributed by atoms with van der Waals surface area (Å²) in [6.07, 6.45) is 0. The van der Waals surface area contributed by atoms with Gasteiger partial charge in [-0.1, -0.05) is 13.8 Å². The molecule has 2 amide bonds. The lowest BCUT2D eigenvalue weighted by Gasteiger charge is -2.20. The fourth-order valence-electron chi connectivity index (χ4n) is 2.27. The average Bonchev–Trinajstić information content (AvgIpc) is 2.52. The minimum Gasteiger partial charge on any atom is -0.350 e. The molecule has 0 unspecified atom stereocenters.